The third kappa shape index (κ3) is 4.39. The van der Waals surface area contributed by atoms with Crippen LogP contribution >= 0.6 is 34.8 Å². The van der Waals surface area contributed by atoms with Crippen LogP contribution in [0.5, 0.6) is 0 Å². The highest BCUT2D eigenvalue weighted by Crippen LogP contribution is 2.27. The van der Waals surface area contributed by atoms with Crippen molar-refractivity contribution in [2.45, 2.75) is 3.79 Å². The number of carbonyl (C=O) groups is 2. The van der Waals surface area contributed by atoms with E-state index in [0.717, 1.165) is 0 Å². The molecule has 0 saturated heterocycles. The Morgan fingerprint density at radius 1 is 0.952 bits per heavy atom. The van der Waals surface area contributed by atoms with Crippen molar-refractivity contribution in [1.29, 1.82) is 0 Å². The van der Waals surface area contributed by atoms with Crippen molar-refractivity contribution >= 4 is 58.0 Å². The molecule has 8 heteroatoms. The monoisotopic (exact) mass is 346 g/mol. The van der Waals surface area contributed by atoms with Crippen LogP contribution in [0.1, 0.15) is 10.6 Å². The van der Waals surface area contributed by atoms with E-state index < -0.39 is 9.70 Å². The molecule has 1 aromatic heterocycles. The number of hydrogen-bond donors (Lipinski definition) is 2. The van der Waals surface area contributed by atoms with E-state index in [4.69, 9.17) is 39.2 Å². The number of furan rings is 1. The molecule has 0 radical (unpaired) electrons. The average Bonchev–Trinajstić information content (AvgIpc) is 2.94. The van der Waals surface area contributed by atoms with Crippen LogP contribution in [0.3, 0.4) is 0 Å². The summed E-state index contributed by atoms with van der Waals surface area (Å²) in [4.78, 5) is 23.2. The van der Waals surface area contributed by atoms with Gasteiger partial charge in [-0.15, -0.1) is 0 Å². The van der Waals surface area contributed by atoms with Gasteiger partial charge in [0, 0.05) is 11.4 Å². The number of hydrogen-bond acceptors (Lipinski definition) is 3. The molecule has 0 bridgehead atoms. The molecule has 2 aromatic rings. The second-order valence-electron chi connectivity index (χ2n) is 3.96. The molecule has 0 aliphatic rings. The minimum absolute atomic E-state index is 0.198. The molecule has 0 unspecified atom stereocenters. The van der Waals surface area contributed by atoms with Crippen LogP contribution in [0.2, 0.25) is 0 Å². The van der Waals surface area contributed by atoms with Crippen molar-refractivity contribution in [1.82, 2.24) is 0 Å². The highest BCUT2D eigenvalue weighted by molar-refractivity contribution is 6.76. The Hall–Kier alpha value is -1.69. The number of anilines is 2. The first-order valence-corrected chi connectivity index (χ1v) is 6.83. The van der Waals surface area contributed by atoms with Gasteiger partial charge in [0.05, 0.1) is 6.26 Å². The molecule has 1 heterocycles. The van der Waals surface area contributed by atoms with Gasteiger partial charge in [0.2, 0.25) is 0 Å². The molecular weight excluding hydrogens is 339 g/mol. The maximum Gasteiger partial charge on any atom is 0.291 e. The van der Waals surface area contributed by atoms with Gasteiger partial charge in [-0.05, 0) is 36.4 Å². The summed E-state index contributed by atoms with van der Waals surface area (Å²) in [5.41, 5.74) is 0.964. The summed E-state index contributed by atoms with van der Waals surface area (Å²) in [5.74, 6) is -0.943. The minimum atomic E-state index is -2.04. The smallest absolute Gasteiger partial charge is 0.291 e. The number of benzene rings is 1. The van der Waals surface area contributed by atoms with Crippen LogP contribution < -0.4 is 10.6 Å². The third-order valence-electron chi connectivity index (χ3n) is 2.40. The van der Waals surface area contributed by atoms with Gasteiger partial charge in [-0.2, -0.15) is 0 Å². The molecule has 0 saturated carbocycles. The Balaban J connectivity index is 1.99. The standard InChI is InChI=1S/C13H9Cl3N2O3/c14-13(15,16)12(20)18-9-5-3-8(4-6-9)17-11(19)10-2-1-7-21-10/h1-7H,(H,17,19)(H,18,20). The van der Waals surface area contributed by atoms with Crippen LogP contribution in [0.15, 0.2) is 47.1 Å². The van der Waals surface area contributed by atoms with Crippen molar-refractivity contribution in [2.24, 2.45) is 0 Å². The van der Waals surface area contributed by atoms with Crippen LogP contribution in [0.4, 0.5) is 11.4 Å². The van der Waals surface area contributed by atoms with E-state index in [1.54, 1.807) is 36.4 Å². The Bertz CT molecular complexity index is 634. The lowest BCUT2D eigenvalue weighted by atomic mass is 10.2. The summed E-state index contributed by atoms with van der Waals surface area (Å²) >= 11 is 16.3. The number of halogens is 3. The van der Waals surface area contributed by atoms with E-state index in [9.17, 15) is 9.59 Å². The molecule has 0 spiro atoms. The number of nitrogens with one attached hydrogen (secondary N) is 2. The highest BCUT2D eigenvalue weighted by atomic mass is 35.6. The zero-order chi connectivity index (χ0) is 15.5. The van der Waals surface area contributed by atoms with Crippen LogP contribution in [0.25, 0.3) is 0 Å². The molecule has 0 fully saturated rings. The maximum absolute atomic E-state index is 11.7. The average molecular weight is 348 g/mol. The maximum atomic E-state index is 11.7. The zero-order valence-electron chi connectivity index (χ0n) is 10.4. The Morgan fingerprint density at radius 2 is 1.52 bits per heavy atom. The lowest BCUT2D eigenvalue weighted by Crippen LogP contribution is -2.26. The van der Waals surface area contributed by atoms with E-state index in [1.165, 1.54) is 6.26 Å². The largest absolute Gasteiger partial charge is 0.459 e. The first kappa shape index (κ1) is 15.7. The van der Waals surface area contributed by atoms with E-state index >= 15 is 0 Å². The molecule has 0 atom stereocenters. The van der Waals surface area contributed by atoms with E-state index in [0.29, 0.717) is 11.4 Å². The normalized spacial score (nSPS) is 11.0. The van der Waals surface area contributed by atoms with Gasteiger partial charge >= 0.3 is 0 Å². The SMILES string of the molecule is O=C(Nc1ccc(NC(=O)C(Cl)(Cl)Cl)cc1)c1ccco1. The van der Waals surface area contributed by atoms with Crippen LogP contribution in [-0.2, 0) is 4.79 Å². The van der Waals surface area contributed by atoms with Crippen molar-refractivity contribution in [3.63, 3.8) is 0 Å². The molecule has 5 nitrogen and oxygen atoms in total. The fourth-order valence-corrected chi connectivity index (χ4v) is 1.58. The van der Waals surface area contributed by atoms with E-state index in [-0.39, 0.29) is 11.7 Å². The van der Waals surface area contributed by atoms with Crippen molar-refractivity contribution in [3.05, 3.63) is 48.4 Å². The van der Waals surface area contributed by atoms with Gasteiger partial charge < -0.3 is 15.1 Å². The van der Waals surface area contributed by atoms with Gasteiger partial charge in [-0.1, -0.05) is 34.8 Å². The molecule has 21 heavy (non-hydrogen) atoms. The topological polar surface area (TPSA) is 71.3 Å². The van der Waals surface area contributed by atoms with Gasteiger partial charge in [-0.3, -0.25) is 9.59 Å². The molecule has 1 aromatic carbocycles. The zero-order valence-corrected chi connectivity index (χ0v) is 12.7. The molecular formula is C13H9Cl3N2O3. The van der Waals surface area contributed by atoms with Crippen molar-refractivity contribution in [3.8, 4) is 0 Å². The summed E-state index contributed by atoms with van der Waals surface area (Å²) in [5, 5.41) is 5.06. The molecule has 0 aliphatic heterocycles. The summed E-state index contributed by atoms with van der Waals surface area (Å²) in [7, 11) is 0. The Morgan fingerprint density at radius 3 is 2.00 bits per heavy atom. The number of carbonyl (C=O) groups excluding carboxylic acids is 2. The van der Waals surface area contributed by atoms with Gasteiger partial charge in [0.25, 0.3) is 15.6 Å². The summed E-state index contributed by atoms with van der Waals surface area (Å²) in [6.45, 7) is 0. The second kappa shape index (κ2) is 6.39. The number of rotatable bonds is 3. The van der Waals surface area contributed by atoms with Crippen LogP contribution in [0, 0.1) is 0 Å². The summed E-state index contributed by atoms with van der Waals surface area (Å²) in [6, 6.07) is 9.47. The number of alkyl halides is 3. The van der Waals surface area contributed by atoms with Gasteiger partial charge in [0.15, 0.2) is 5.76 Å². The first-order chi connectivity index (χ1) is 9.86. The fourth-order valence-electron chi connectivity index (χ4n) is 1.44. The second-order valence-corrected chi connectivity index (χ2v) is 6.24. The summed E-state index contributed by atoms with van der Waals surface area (Å²) < 4.78 is 2.93. The molecule has 2 rings (SSSR count). The lowest BCUT2D eigenvalue weighted by molar-refractivity contribution is -0.115. The predicted molar refractivity (Wildman–Crippen MR) is 82.0 cm³/mol. The van der Waals surface area contributed by atoms with E-state index in [2.05, 4.69) is 10.6 Å². The first-order valence-electron chi connectivity index (χ1n) is 5.69. The molecule has 2 N–H and O–H groups in total. The Kier molecular flexibility index (Phi) is 4.77. The van der Waals surface area contributed by atoms with Gasteiger partial charge in [0.1, 0.15) is 0 Å². The molecule has 2 amide bonds. The molecule has 110 valence electrons. The Labute approximate surface area is 135 Å². The lowest BCUT2D eigenvalue weighted by Gasteiger charge is -2.11. The van der Waals surface area contributed by atoms with E-state index in [1.807, 2.05) is 0 Å². The predicted octanol–water partition coefficient (Wildman–Crippen LogP) is 3.84. The minimum Gasteiger partial charge on any atom is -0.459 e. The molecule has 0 aliphatic carbocycles. The summed E-state index contributed by atoms with van der Waals surface area (Å²) in [6.07, 6.45) is 1.41. The van der Waals surface area contributed by atoms with Crippen LogP contribution in [-0.4, -0.2) is 15.6 Å². The van der Waals surface area contributed by atoms with Crippen molar-refractivity contribution in [2.75, 3.05) is 10.6 Å². The fraction of sp³-hybridized carbons (Fsp3) is 0.0769. The van der Waals surface area contributed by atoms with Gasteiger partial charge in [-0.25, -0.2) is 0 Å². The number of amides is 2. The quantitative estimate of drug-likeness (QED) is 0.829. The van der Waals surface area contributed by atoms with Crippen molar-refractivity contribution < 1.29 is 14.0 Å². The highest BCUT2D eigenvalue weighted by Gasteiger charge is 2.30. The third-order valence-corrected chi connectivity index (χ3v) is 2.92.